The van der Waals surface area contributed by atoms with Gasteiger partial charge in [0.2, 0.25) is 0 Å². The van der Waals surface area contributed by atoms with Gasteiger partial charge in [0.25, 0.3) is 0 Å². The highest BCUT2D eigenvalue weighted by atomic mass is 16.3. The van der Waals surface area contributed by atoms with E-state index in [4.69, 9.17) is 44.8 Å². The van der Waals surface area contributed by atoms with Crippen LogP contribution in [0.2, 0.25) is 0 Å². The van der Waals surface area contributed by atoms with E-state index in [1.807, 2.05) is 176 Å². The number of furan rings is 3. The van der Waals surface area contributed by atoms with Crippen molar-refractivity contribution >= 4 is 141 Å². The molecule has 0 spiro atoms. The molecule has 0 saturated carbocycles. The summed E-state index contributed by atoms with van der Waals surface area (Å²) in [6, 6.07) is 88.6. The van der Waals surface area contributed by atoms with Crippen LogP contribution in [0.4, 0.5) is 0 Å². The summed E-state index contributed by atoms with van der Waals surface area (Å²) in [5.41, 5.74) is 16.6. The van der Waals surface area contributed by atoms with E-state index in [-0.39, 0.29) is 124 Å². The molecule has 27 aromatic rings. The molecule has 0 aliphatic heterocycles. The minimum absolute atomic E-state index is 0.0400. The molecule has 3 heterocycles. The SMILES string of the molecule is [2H]c1c([2H])c([2H])c(-c2c3c([2H])c([2H])c([2H])c([2H])c3c(-c3cccc4oc5ccc(-c6ccc(-c7ccccc7-c7ccc8ccccc8c7)cc6)cc5c34)c3c([2H])c([2H])c([2H])c([2H])c23)c([2H])c1[2H].[2H]c1c([2H])c([2H])c2c(-c3ccc4oc5ccc(-c6ccccc6)cc5c4c3)c3c([2H])c([2H])c([2H])c([2H])c3c(-c3ccccc3)c2c1[2H].[2H]c1c([2H])c([2H])c2c(-c3ccc4oc5cccc(-c6ccccc6)c5c4c3)c3c([2H])c([2H])c([2H])c([2H])c3c(-c3ccccc3)c2c1[2H]. The predicted molar refractivity (Wildman–Crippen MR) is 563 cm³/mol. The topological polar surface area (TPSA) is 39.4 Å². The Kier molecular flexibility index (Phi) is 13.2. The average Bonchev–Trinajstić information content (AvgIpc) is 1.00. The Morgan fingerprint density at radius 1 is 0.135 bits per heavy atom. The zero-order valence-electron chi connectivity index (χ0n) is 99.3. The Balaban J connectivity index is 0.000000127. The Labute approximate surface area is 809 Å². The third-order valence-corrected chi connectivity index (χ3v) is 25.0. The van der Waals surface area contributed by atoms with Crippen molar-refractivity contribution in [2.45, 2.75) is 0 Å². The molecule has 0 aliphatic rings. The van der Waals surface area contributed by atoms with Crippen molar-refractivity contribution < 1.29 is 53.0 Å². The molecule has 0 unspecified atom stereocenters. The zero-order chi connectivity index (χ0) is 113. The summed E-state index contributed by atoms with van der Waals surface area (Å²) < 4.78 is 277. The molecule has 0 radical (unpaired) electrons. The van der Waals surface area contributed by atoms with Crippen molar-refractivity contribution in [3.8, 4) is 122 Å². The molecular formula is C130H82O3. The van der Waals surface area contributed by atoms with Crippen LogP contribution in [0.3, 0.4) is 0 Å². The van der Waals surface area contributed by atoms with Gasteiger partial charge in [-0.25, -0.2) is 0 Å². The molecular weight excluding hydrogens is 1610 g/mol. The lowest BCUT2D eigenvalue weighted by Gasteiger charge is -2.18. The van der Waals surface area contributed by atoms with Crippen LogP contribution in [0.25, 0.3) is 264 Å². The van der Waals surface area contributed by atoms with Gasteiger partial charge in [-0.2, -0.15) is 0 Å². The van der Waals surface area contributed by atoms with Crippen molar-refractivity contribution in [1.82, 2.24) is 0 Å². The van der Waals surface area contributed by atoms with Gasteiger partial charge in [-0.1, -0.05) is 430 Å². The second-order valence-electron chi connectivity index (χ2n) is 32.4. The molecule has 0 fully saturated rings. The minimum atomic E-state index is -0.723. The molecule has 24 aromatic carbocycles. The maximum absolute atomic E-state index is 9.45. The highest BCUT2D eigenvalue weighted by molar-refractivity contribution is 6.28. The largest absolute Gasteiger partial charge is 0.456 e. The Morgan fingerprint density at radius 3 is 0.872 bits per heavy atom. The smallest absolute Gasteiger partial charge is 0.136 e. The van der Waals surface area contributed by atoms with E-state index in [0.29, 0.717) is 94.3 Å². The Morgan fingerprint density at radius 2 is 0.414 bits per heavy atom. The minimum Gasteiger partial charge on any atom is -0.456 e. The second-order valence-corrected chi connectivity index (χ2v) is 32.4. The number of hydrogen-bond acceptors (Lipinski definition) is 3. The molecule has 620 valence electrons. The summed E-state index contributed by atoms with van der Waals surface area (Å²) in [6.45, 7) is 0. The predicted octanol–water partition coefficient (Wildman–Crippen LogP) is 37.2. The third-order valence-electron chi connectivity index (χ3n) is 25.0. The monoisotopic (exact) mass is 1720 g/mol. The second kappa shape index (κ2) is 33.0. The zero-order valence-corrected chi connectivity index (χ0v) is 70.3. The van der Waals surface area contributed by atoms with Crippen LogP contribution in [0.1, 0.15) is 39.8 Å². The molecule has 3 heteroatoms. The van der Waals surface area contributed by atoms with Crippen LogP contribution in [-0.2, 0) is 0 Å². The van der Waals surface area contributed by atoms with Crippen molar-refractivity contribution in [2.75, 3.05) is 0 Å². The summed E-state index contributed by atoms with van der Waals surface area (Å²) in [7, 11) is 0. The summed E-state index contributed by atoms with van der Waals surface area (Å²) in [4.78, 5) is 0. The van der Waals surface area contributed by atoms with Gasteiger partial charge in [0.1, 0.15) is 33.5 Å². The quantitative estimate of drug-likeness (QED) is 0.121. The van der Waals surface area contributed by atoms with E-state index < -0.39 is 132 Å². The lowest BCUT2D eigenvalue weighted by Crippen LogP contribution is -1.91. The molecule has 0 amide bonds. The van der Waals surface area contributed by atoms with Crippen LogP contribution >= 0.6 is 0 Å². The van der Waals surface area contributed by atoms with Crippen molar-refractivity contribution in [3.63, 3.8) is 0 Å². The first kappa shape index (κ1) is 53.3. The number of benzene rings is 24. The maximum atomic E-state index is 9.45. The van der Waals surface area contributed by atoms with E-state index >= 15 is 0 Å². The van der Waals surface area contributed by atoms with Crippen LogP contribution < -0.4 is 0 Å². The molecule has 0 atom stereocenters. The summed E-state index contributed by atoms with van der Waals surface area (Å²) >= 11 is 0. The van der Waals surface area contributed by atoms with Gasteiger partial charge in [-0.05, 0) is 265 Å². The highest BCUT2D eigenvalue weighted by Crippen LogP contribution is 2.52. The lowest BCUT2D eigenvalue weighted by molar-refractivity contribution is 0.668. The normalized spacial score (nSPS) is 14.7. The van der Waals surface area contributed by atoms with Gasteiger partial charge in [0.15, 0.2) is 0 Å². The van der Waals surface area contributed by atoms with E-state index in [9.17, 15) is 8.22 Å². The standard InChI is InChI=1S/C54H34O.2C38H24O/c1-2-14-38(15-3-1)52-44-19-8-10-21-46(44)53(47-22-11-9-20-45(47)52)48-23-12-24-51-54(48)49-34-40(31-32-50(49)55-51)36-25-28-37(29-26-36)42-17-6-7-18-43(42)41-30-27-35-13-4-5-16-39(35)33-41;1-3-12-25(13-4-1)28-20-11-21-35-38(28)33-24-27(22-23-34(33)39-35)37-31-18-9-7-16-29(31)36(26-14-5-2-6-15-26)30-17-8-10-19-32(30)37;1-3-11-25(12-4-1)27-19-21-35-33(23-27)34-24-28(20-22-36(34)39-35)38-31-17-9-7-15-29(31)37(26-13-5-2-6-14-26)30-16-8-10-18-32(30)38/h1-34H;2*1-24H/i1D,2D,3D,8D,9D,10D,11D,14D,15D,19D,20D,21D,22D;7D,8D,9D,10D,16D,17D,18D,19D;7D,8D,9D,10D,15D,16D,17D,18D. The van der Waals surface area contributed by atoms with E-state index in [2.05, 4.69) is 54.6 Å². The van der Waals surface area contributed by atoms with Gasteiger partial charge < -0.3 is 13.3 Å². The number of rotatable bonds is 11. The van der Waals surface area contributed by atoms with E-state index in [0.717, 1.165) is 82.6 Å². The molecule has 3 nitrogen and oxygen atoms in total. The van der Waals surface area contributed by atoms with E-state index in [1.54, 1.807) is 91.0 Å². The summed E-state index contributed by atoms with van der Waals surface area (Å²) in [5.74, 6) is 0. The van der Waals surface area contributed by atoms with Gasteiger partial charge in [0, 0.05) is 32.3 Å². The molecule has 3 aromatic heterocycles. The summed E-state index contributed by atoms with van der Waals surface area (Å²) in [5, 5.41) is 7.35. The third kappa shape index (κ3) is 13.7. The van der Waals surface area contributed by atoms with Crippen molar-refractivity contribution in [2.24, 2.45) is 0 Å². The van der Waals surface area contributed by atoms with Crippen molar-refractivity contribution in [3.05, 3.63) is 497 Å². The van der Waals surface area contributed by atoms with Crippen LogP contribution in [0, 0.1) is 0 Å². The fraction of sp³-hybridized carbons (Fsp3) is 0. The molecule has 0 N–H and O–H groups in total. The van der Waals surface area contributed by atoms with Crippen LogP contribution in [0.15, 0.2) is 510 Å². The molecule has 133 heavy (non-hydrogen) atoms. The molecule has 0 saturated heterocycles. The fourth-order valence-corrected chi connectivity index (χ4v) is 19.1. The molecule has 0 aliphatic carbocycles. The van der Waals surface area contributed by atoms with Gasteiger partial charge in [-0.3, -0.25) is 0 Å². The Hall–Kier alpha value is -17.5. The summed E-state index contributed by atoms with van der Waals surface area (Å²) in [6.07, 6.45) is 0. The van der Waals surface area contributed by atoms with E-state index in [1.165, 1.54) is 5.39 Å². The molecule has 0 bridgehead atoms. The number of fused-ring (bicyclic) bond motifs is 16. The van der Waals surface area contributed by atoms with Crippen LogP contribution in [0.5, 0.6) is 0 Å². The van der Waals surface area contributed by atoms with Crippen LogP contribution in [-0.4, -0.2) is 0 Å². The van der Waals surface area contributed by atoms with Crippen molar-refractivity contribution in [1.29, 1.82) is 0 Å². The average molecular weight is 1720 g/mol. The molecule has 27 rings (SSSR count). The first-order valence-corrected chi connectivity index (χ1v) is 43.3. The number of hydrogen-bond donors (Lipinski definition) is 0. The first-order chi connectivity index (χ1) is 78.0. The Bertz CT molecular complexity index is 10900. The fourth-order valence-electron chi connectivity index (χ4n) is 19.1. The maximum Gasteiger partial charge on any atom is 0.136 e. The lowest BCUT2D eigenvalue weighted by atomic mass is 9.85. The van der Waals surface area contributed by atoms with Gasteiger partial charge in [-0.15, -0.1) is 0 Å². The first-order valence-electron chi connectivity index (χ1n) is 57.8. The highest BCUT2D eigenvalue weighted by Gasteiger charge is 2.25. The van der Waals surface area contributed by atoms with Gasteiger partial charge >= 0.3 is 0 Å². The van der Waals surface area contributed by atoms with Gasteiger partial charge in [0.05, 0.1) is 39.8 Å².